The molecule has 0 bridgehead atoms. The van der Waals surface area contributed by atoms with Crippen LogP contribution in [0.15, 0.2) is 18.2 Å². The van der Waals surface area contributed by atoms with Gasteiger partial charge in [0.1, 0.15) is 5.75 Å². The third-order valence-electron chi connectivity index (χ3n) is 2.92. The van der Waals surface area contributed by atoms with Crippen molar-refractivity contribution in [1.29, 1.82) is 0 Å². The normalized spacial score (nSPS) is 14.7. The van der Waals surface area contributed by atoms with Gasteiger partial charge in [-0.05, 0) is 29.7 Å². The van der Waals surface area contributed by atoms with Crippen LogP contribution in [0.5, 0.6) is 5.75 Å². The molecular formula is C12H13Cl2NO2. The second kappa shape index (κ2) is 5.15. The number of carbonyl (C=O) groups is 1. The van der Waals surface area contributed by atoms with Crippen LogP contribution in [0.25, 0.3) is 0 Å². The Kier molecular flexibility index (Phi) is 3.79. The summed E-state index contributed by atoms with van der Waals surface area (Å²) in [6, 6.07) is 5.92. The minimum atomic E-state index is -0.984. The summed E-state index contributed by atoms with van der Waals surface area (Å²) in [6.45, 7) is 1.20. The lowest BCUT2D eigenvalue weighted by Crippen LogP contribution is -2.38. The zero-order chi connectivity index (χ0) is 12.4. The molecule has 0 saturated carbocycles. The Bertz CT molecular complexity index is 435. The summed E-state index contributed by atoms with van der Waals surface area (Å²) in [6.07, 6.45) is 0.825. The van der Waals surface area contributed by atoms with Crippen LogP contribution in [0.2, 0.25) is 0 Å². The highest BCUT2D eigenvalue weighted by Crippen LogP contribution is 2.24. The van der Waals surface area contributed by atoms with Crippen LogP contribution in [0.3, 0.4) is 0 Å². The summed E-state index contributed by atoms with van der Waals surface area (Å²) in [5, 5.41) is 0. The van der Waals surface area contributed by atoms with Crippen molar-refractivity contribution in [2.45, 2.75) is 17.8 Å². The molecule has 0 radical (unpaired) electrons. The first-order valence-electron chi connectivity index (χ1n) is 5.34. The summed E-state index contributed by atoms with van der Waals surface area (Å²) < 4.78 is 5.17. The van der Waals surface area contributed by atoms with E-state index in [0.29, 0.717) is 13.1 Å². The van der Waals surface area contributed by atoms with E-state index in [1.54, 1.807) is 12.0 Å². The molecule has 17 heavy (non-hydrogen) atoms. The topological polar surface area (TPSA) is 29.5 Å². The van der Waals surface area contributed by atoms with Gasteiger partial charge in [-0.1, -0.05) is 29.3 Å². The molecule has 1 aliphatic heterocycles. The van der Waals surface area contributed by atoms with Crippen molar-refractivity contribution in [3.05, 3.63) is 29.3 Å². The lowest BCUT2D eigenvalue weighted by atomic mass is 9.99. The third kappa shape index (κ3) is 2.67. The first-order valence-corrected chi connectivity index (χ1v) is 6.22. The zero-order valence-corrected chi connectivity index (χ0v) is 11.0. The predicted octanol–water partition coefficient (Wildman–Crippen LogP) is 2.38. The number of hydrogen-bond donors (Lipinski definition) is 0. The minimum Gasteiger partial charge on any atom is -0.497 e. The first-order chi connectivity index (χ1) is 8.11. The molecule has 1 aliphatic rings. The summed E-state index contributed by atoms with van der Waals surface area (Å²) in [7, 11) is 1.63. The van der Waals surface area contributed by atoms with Gasteiger partial charge in [0.25, 0.3) is 5.91 Å². The summed E-state index contributed by atoms with van der Waals surface area (Å²) >= 11 is 11.2. The predicted molar refractivity (Wildman–Crippen MR) is 67.6 cm³/mol. The number of hydrogen-bond acceptors (Lipinski definition) is 2. The van der Waals surface area contributed by atoms with Crippen LogP contribution >= 0.6 is 23.2 Å². The van der Waals surface area contributed by atoms with E-state index in [-0.39, 0.29) is 5.91 Å². The van der Waals surface area contributed by atoms with Crippen LogP contribution in [0.1, 0.15) is 11.1 Å². The minimum absolute atomic E-state index is 0.234. The van der Waals surface area contributed by atoms with Crippen LogP contribution in [-0.2, 0) is 17.8 Å². The molecule has 3 nitrogen and oxygen atoms in total. The molecule has 0 spiro atoms. The highest BCUT2D eigenvalue weighted by Gasteiger charge is 2.24. The fourth-order valence-corrected chi connectivity index (χ4v) is 2.26. The van der Waals surface area contributed by atoms with Gasteiger partial charge in [0, 0.05) is 13.1 Å². The molecule has 0 saturated heterocycles. The van der Waals surface area contributed by atoms with Crippen molar-refractivity contribution in [3.63, 3.8) is 0 Å². The van der Waals surface area contributed by atoms with Gasteiger partial charge in [-0.25, -0.2) is 0 Å². The second-order valence-electron chi connectivity index (χ2n) is 3.95. The first kappa shape index (κ1) is 12.5. The molecule has 0 fully saturated rings. The van der Waals surface area contributed by atoms with E-state index in [1.807, 2.05) is 18.2 Å². The average molecular weight is 274 g/mol. The average Bonchev–Trinajstić information content (AvgIpc) is 2.36. The van der Waals surface area contributed by atoms with Crippen molar-refractivity contribution in [3.8, 4) is 5.75 Å². The quantitative estimate of drug-likeness (QED) is 0.775. The van der Waals surface area contributed by atoms with E-state index < -0.39 is 4.84 Å². The number of ether oxygens (including phenoxy) is 1. The molecule has 2 rings (SSSR count). The molecule has 0 N–H and O–H groups in total. The Hall–Kier alpha value is -0.930. The molecule has 1 amide bonds. The fraction of sp³-hybridized carbons (Fsp3) is 0.417. The molecular weight excluding hydrogens is 261 g/mol. The van der Waals surface area contributed by atoms with Crippen LogP contribution < -0.4 is 4.74 Å². The Morgan fingerprint density at radius 3 is 2.82 bits per heavy atom. The maximum absolute atomic E-state index is 11.7. The summed E-state index contributed by atoms with van der Waals surface area (Å²) in [4.78, 5) is 12.4. The number of fused-ring (bicyclic) bond motifs is 1. The Morgan fingerprint density at radius 2 is 2.18 bits per heavy atom. The molecule has 0 unspecified atom stereocenters. The van der Waals surface area contributed by atoms with E-state index >= 15 is 0 Å². The molecule has 1 aromatic carbocycles. The van der Waals surface area contributed by atoms with E-state index in [0.717, 1.165) is 17.7 Å². The highest BCUT2D eigenvalue weighted by atomic mass is 35.5. The second-order valence-corrected chi connectivity index (χ2v) is 5.04. The maximum atomic E-state index is 11.7. The van der Waals surface area contributed by atoms with Gasteiger partial charge in [0.05, 0.1) is 7.11 Å². The molecule has 0 atom stereocenters. The van der Waals surface area contributed by atoms with Gasteiger partial charge in [0.2, 0.25) is 0 Å². The number of benzene rings is 1. The monoisotopic (exact) mass is 273 g/mol. The molecule has 0 aliphatic carbocycles. The van der Waals surface area contributed by atoms with Crippen molar-refractivity contribution in [2.24, 2.45) is 0 Å². The van der Waals surface area contributed by atoms with Crippen LogP contribution in [0.4, 0.5) is 0 Å². The van der Waals surface area contributed by atoms with Gasteiger partial charge < -0.3 is 9.64 Å². The largest absolute Gasteiger partial charge is 0.497 e. The zero-order valence-electron chi connectivity index (χ0n) is 9.45. The Morgan fingerprint density at radius 1 is 1.41 bits per heavy atom. The van der Waals surface area contributed by atoms with E-state index in [2.05, 4.69) is 0 Å². The molecule has 92 valence electrons. The number of amides is 1. The molecule has 0 aromatic heterocycles. The highest BCUT2D eigenvalue weighted by molar-refractivity contribution is 6.53. The van der Waals surface area contributed by atoms with Crippen molar-refractivity contribution in [2.75, 3.05) is 13.7 Å². The van der Waals surface area contributed by atoms with Gasteiger partial charge in [-0.15, -0.1) is 0 Å². The Labute approximate surface area is 110 Å². The van der Waals surface area contributed by atoms with Crippen molar-refractivity contribution < 1.29 is 9.53 Å². The SMILES string of the molecule is COc1ccc2c(c1)CN(C(=O)C(Cl)Cl)CC2. The smallest absolute Gasteiger partial charge is 0.256 e. The van der Waals surface area contributed by atoms with E-state index in [1.165, 1.54) is 5.56 Å². The van der Waals surface area contributed by atoms with Crippen LogP contribution in [-0.4, -0.2) is 29.3 Å². The number of halogens is 2. The number of alkyl halides is 2. The van der Waals surface area contributed by atoms with E-state index in [9.17, 15) is 4.79 Å². The number of carbonyl (C=O) groups excluding carboxylic acids is 1. The van der Waals surface area contributed by atoms with Gasteiger partial charge in [-0.3, -0.25) is 4.79 Å². The number of methoxy groups -OCH3 is 1. The van der Waals surface area contributed by atoms with Crippen LogP contribution in [0, 0.1) is 0 Å². The van der Waals surface area contributed by atoms with Gasteiger partial charge in [0.15, 0.2) is 4.84 Å². The number of nitrogens with zero attached hydrogens (tertiary/aromatic N) is 1. The molecule has 1 heterocycles. The van der Waals surface area contributed by atoms with Crippen molar-refractivity contribution in [1.82, 2.24) is 4.90 Å². The molecule has 5 heteroatoms. The number of rotatable bonds is 2. The summed E-state index contributed by atoms with van der Waals surface area (Å²) in [5.41, 5.74) is 2.34. The standard InChI is InChI=1S/C12H13Cl2NO2/c1-17-10-3-2-8-4-5-15(7-9(8)6-10)12(16)11(13)14/h2-3,6,11H,4-5,7H2,1H3. The summed E-state index contributed by atoms with van der Waals surface area (Å²) in [5.74, 6) is 0.563. The Balaban J connectivity index is 2.19. The third-order valence-corrected chi connectivity index (χ3v) is 3.30. The van der Waals surface area contributed by atoms with Crippen molar-refractivity contribution >= 4 is 29.1 Å². The molecule has 1 aromatic rings. The van der Waals surface area contributed by atoms with E-state index in [4.69, 9.17) is 27.9 Å². The lowest BCUT2D eigenvalue weighted by Gasteiger charge is -2.29. The maximum Gasteiger partial charge on any atom is 0.256 e. The van der Waals surface area contributed by atoms with Gasteiger partial charge >= 0.3 is 0 Å². The lowest BCUT2D eigenvalue weighted by molar-refractivity contribution is -0.130. The fourth-order valence-electron chi connectivity index (χ4n) is 1.99. The van der Waals surface area contributed by atoms with Gasteiger partial charge in [-0.2, -0.15) is 0 Å².